The number of carbonyl (C=O) groups excluding carboxylic acids is 1. The van der Waals surface area contributed by atoms with Crippen molar-refractivity contribution in [3.05, 3.63) is 88.1 Å². The number of nitrogens with one attached hydrogen (secondary N) is 1. The van der Waals surface area contributed by atoms with Crippen LogP contribution in [0.3, 0.4) is 0 Å². The summed E-state index contributed by atoms with van der Waals surface area (Å²) in [5.41, 5.74) is 2.52. The van der Waals surface area contributed by atoms with E-state index in [2.05, 4.69) is 15.3 Å². The molecule has 0 bridgehead atoms. The first-order chi connectivity index (χ1) is 15.6. The van der Waals surface area contributed by atoms with Gasteiger partial charge in [0, 0.05) is 27.6 Å². The average molecular weight is 478 g/mol. The molecular formula is C24H16ClN3O2S2. The van der Waals surface area contributed by atoms with Crippen LogP contribution < -0.4 is 5.32 Å². The molecule has 8 heteroatoms. The van der Waals surface area contributed by atoms with E-state index in [0.29, 0.717) is 20.9 Å². The Morgan fingerprint density at radius 2 is 1.97 bits per heavy atom. The lowest BCUT2D eigenvalue weighted by Gasteiger charge is -2.02. The largest absolute Gasteiger partial charge is 0.450 e. The normalized spacial score (nSPS) is 16.2. The van der Waals surface area contributed by atoms with Gasteiger partial charge >= 0.3 is 0 Å². The van der Waals surface area contributed by atoms with Crippen LogP contribution in [0.1, 0.15) is 11.3 Å². The average Bonchev–Trinajstić information content (AvgIpc) is 3.38. The fourth-order valence-electron chi connectivity index (χ4n) is 3.17. The number of amides is 1. The van der Waals surface area contributed by atoms with Gasteiger partial charge in [0.1, 0.15) is 5.76 Å². The molecule has 0 aliphatic carbocycles. The summed E-state index contributed by atoms with van der Waals surface area (Å²) in [6, 6.07) is 19.2. The summed E-state index contributed by atoms with van der Waals surface area (Å²) in [5, 5.41) is 5.74. The highest BCUT2D eigenvalue weighted by Gasteiger charge is 2.24. The van der Waals surface area contributed by atoms with Crippen molar-refractivity contribution in [3.63, 3.8) is 0 Å². The van der Waals surface area contributed by atoms with Crippen molar-refractivity contribution < 1.29 is 9.21 Å². The van der Waals surface area contributed by atoms with Gasteiger partial charge in [-0.15, -0.1) is 0 Å². The van der Waals surface area contributed by atoms with Crippen molar-refractivity contribution >= 4 is 68.9 Å². The minimum absolute atomic E-state index is 0.211. The van der Waals surface area contributed by atoms with Crippen LogP contribution in [-0.2, 0) is 4.79 Å². The Labute approximate surface area is 198 Å². The van der Waals surface area contributed by atoms with E-state index in [4.69, 9.17) is 16.0 Å². The molecule has 1 N–H and O–H groups in total. The van der Waals surface area contributed by atoms with E-state index in [1.807, 2.05) is 67.6 Å². The van der Waals surface area contributed by atoms with Gasteiger partial charge in [-0.1, -0.05) is 35.9 Å². The van der Waals surface area contributed by atoms with Gasteiger partial charge in [-0.2, -0.15) is 0 Å². The van der Waals surface area contributed by atoms with E-state index in [-0.39, 0.29) is 5.91 Å². The molecule has 0 spiro atoms. The molecule has 1 aliphatic rings. The number of benzene rings is 2. The van der Waals surface area contributed by atoms with Gasteiger partial charge in [0.25, 0.3) is 5.91 Å². The number of aliphatic imine (C=N–C) groups is 1. The molecule has 1 saturated heterocycles. The monoisotopic (exact) mass is 477 g/mol. The van der Waals surface area contributed by atoms with E-state index >= 15 is 0 Å². The fourth-order valence-corrected chi connectivity index (χ4v) is 5.06. The van der Waals surface area contributed by atoms with E-state index in [0.717, 1.165) is 32.1 Å². The summed E-state index contributed by atoms with van der Waals surface area (Å²) in [5.74, 6) is 0.385. The third kappa shape index (κ3) is 4.32. The molecule has 3 heterocycles. The minimum Gasteiger partial charge on any atom is -0.450 e. The summed E-state index contributed by atoms with van der Waals surface area (Å²) < 4.78 is 5.94. The summed E-state index contributed by atoms with van der Waals surface area (Å²) >= 11 is 8.93. The maximum Gasteiger partial charge on any atom is 0.264 e. The number of hydrogen-bond acceptors (Lipinski definition) is 6. The molecule has 1 aliphatic heterocycles. The number of pyridine rings is 1. The Hall–Kier alpha value is -3.00. The molecule has 0 radical (unpaired) electrons. The summed E-state index contributed by atoms with van der Waals surface area (Å²) in [7, 11) is 0. The zero-order valence-electron chi connectivity index (χ0n) is 16.8. The van der Waals surface area contributed by atoms with Crippen LogP contribution >= 0.6 is 35.1 Å². The van der Waals surface area contributed by atoms with Crippen molar-refractivity contribution in [2.24, 2.45) is 4.99 Å². The SMILES string of the molecule is Cc1c(Cl)cccc1N=C1NC(=O)/C(=C/c2ccc(Sc3cccc4cccnc34)o2)S1. The number of halogens is 1. The quantitative estimate of drug-likeness (QED) is 0.326. The highest BCUT2D eigenvalue weighted by Crippen LogP contribution is 2.35. The second kappa shape index (κ2) is 8.86. The standard InChI is InChI=1S/C24H16ClN3O2S2/c1-14-17(25)7-3-8-18(14)27-24-28-23(29)20(32-24)13-16-10-11-21(30-16)31-19-9-2-5-15-6-4-12-26-22(15)19/h2-13H,1H3,(H,27,28,29)/b20-13-. The van der Waals surface area contributed by atoms with Crippen LogP contribution in [0.4, 0.5) is 5.69 Å². The van der Waals surface area contributed by atoms with Gasteiger partial charge in [-0.3, -0.25) is 9.78 Å². The number of carbonyl (C=O) groups is 1. The third-order valence-electron chi connectivity index (χ3n) is 4.79. The number of amidine groups is 1. The van der Waals surface area contributed by atoms with Crippen molar-refractivity contribution in [2.75, 3.05) is 0 Å². The van der Waals surface area contributed by atoms with Crippen LogP contribution in [0, 0.1) is 6.92 Å². The van der Waals surface area contributed by atoms with Crippen LogP contribution in [0.2, 0.25) is 5.02 Å². The number of rotatable bonds is 4. The Balaban J connectivity index is 1.35. The van der Waals surface area contributed by atoms with Gasteiger partial charge < -0.3 is 9.73 Å². The Kier molecular flexibility index (Phi) is 5.78. The lowest BCUT2D eigenvalue weighted by Crippen LogP contribution is -2.19. The van der Waals surface area contributed by atoms with Crippen molar-refractivity contribution in [2.45, 2.75) is 16.9 Å². The zero-order valence-corrected chi connectivity index (χ0v) is 19.2. The van der Waals surface area contributed by atoms with Gasteiger partial charge in [0.2, 0.25) is 0 Å². The van der Waals surface area contributed by atoms with Crippen molar-refractivity contribution in [1.82, 2.24) is 10.3 Å². The minimum atomic E-state index is -0.211. The number of hydrogen-bond donors (Lipinski definition) is 1. The molecule has 0 atom stereocenters. The van der Waals surface area contributed by atoms with E-state index in [1.54, 1.807) is 12.3 Å². The molecule has 0 saturated carbocycles. The molecule has 1 fully saturated rings. The van der Waals surface area contributed by atoms with E-state index in [9.17, 15) is 4.79 Å². The molecule has 2 aromatic heterocycles. The molecule has 1 amide bonds. The Bertz CT molecular complexity index is 1410. The van der Waals surface area contributed by atoms with Gasteiger partial charge in [-0.05, 0) is 72.4 Å². The molecule has 4 aromatic rings. The molecule has 5 nitrogen and oxygen atoms in total. The number of nitrogens with zero attached hydrogens (tertiary/aromatic N) is 2. The molecule has 5 rings (SSSR count). The number of fused-ring (bicyclic) bond motifs is 1. The molecular weight excluding hydrogens is 462 g/mol. The lowest BCUT2D eigenvalue weighted by molar-refractivity contribution is -0.115. The molecule has 158 valence electrons. The number of aromatic nitrogens is 1. The highest BCUT2D eigenvalue weighted by molar-refractivity contribution is 8.18. The van der Waals surface area contributed by atoms with Crippen LogP contribution in [0.25, 0.3) is 17.0 Å². The highest BCUT2D eigenvalue weighted by atomic mass is 35.5. The molecule has 2 aromatic carbocycles. The number of para-hydroxylation sites is 1. The second-order valence-electron chi connectivity index (χ2n) is 6.96. The topological polar surface area (TPSA) is 67.5 Å². The Morgan fingerprint density at radius 1 is 1.12 bits per heavy atom. The fraction of sp³-hybridized carbons (Fsp3) is 0.0417. The van der Waals surface area contributed by atoms with Gasteiger partial charge in [0.05, 0.1) is 16.1 Å². The summed E-state index contributed by atoms with van der Waals surface area (Å²) in [6.45, 7) is 1.90. The van der Waals surface area contributed by atoms with Gasteiger partial charge in [0.15, 0.2) is 10.3 Å². The second-order valence-corrected chi connectivity index (χ2v) is 9.44. The van der Waals surface area contributed by atoms with Crippen LogP contribution in [0.15, 0.2) is 91.2 Å². The maximum atomic E-state index is 12.4. The summed E-state index contributed by atoms with van der Waals surface area (Å²) in [6.07, 6.45) is 3.50. The summed E-state index contributed by atoms with van der Waals surface area (Å²) in [4.78, 5) is 22.9. The number of thioether (sulfide) groups is 1. The molecule has 32 heavy (non-hydrogen) atoms. The lowest BCUT2D eigenvalue weighted by atomic mass is 10.2. The third-order valence-corrected chi connectivity index (χ3v) is 7.08. The zero-order chi connectivity index (χ0) is 22.1. The maximum absolute atomic E-state index is 12.4. The number of furan rings is 1. The van der Waals surface area contributed by atoms with Crippen LogP contribution in [0.5, 0.6) is 0 Å². The smallest absolute Gasteiger partial charge is 0.264 e. The van der Waals surface area contributed by atoms with E-state index in [1.165, 1.54) is 23.5 Å². The first-order valence-electron chi connectivity index (χ1n) is 9.73. The predicted octanol–water partition coefficient (Wildman–Crippen LogP) is 6.83. The predicted molar refractivity (Wildman–Crippen MR) is 132 cm³/mol. The van der Waals surface area contributed by atoms with Crippen LogP contribution in [-0.4, -0.2) is 16.1 Å². The van der Waals surface area contributed by atoms with Gasteiger partial charge in [-0.25, -0.2) is 4.99 Å². The van der Waals surface area contributed by atoms with Crippen molar-refractivity contribution in [1.29, 1.82) is 0 Å². The first kappa shape index (κ1) is 20.9. The molecule has 0 unspecified atom stereocenters. The van der Waals surface area contributed by atoms with Crippen molar-refractivity contribution in [3.8, 4) is 0 Å². The first-order valence-corrected chi connectivity index (χ1v) is 11.7. The Morgan fingerprint density at radius 3 is 2.88 bits per heavy atom. The van der Waals surface area contributed by atoms with E-state index < -0.39 is 0 Å².